The van der Waals surface area contributed by atoms with Crippen molar-refractivity contribution >= 4 is 20.8 Å². The molecule has 0 aliphatic carbocycles. The average molecular weight is 379 g/mol. The zero-order valence-electron chi connectivity index (χ0n) is 13.4. The predicted octanol–water partition coefficient (Wildman–Crippen LogP) is 2.37. The van der Waals surface area contributed by atoms with E-state index in [0.29, 0.717) is 0 Å². The summed E-state index contributed by atoms with van der Waals surface area (Å²) in [5.41, 5.74) is 1.09. The van der Waals surface area contributed by atoms with E-state index >= 15 is 0 Å². The Morgan fingerprint density at radius 1 is 1.16 bits per heavy atom. The summed E-state index contributed by atoms with van der Waals surface area (Å²) in [7, 11) is -5.53. The maximum atomic E-state index is 13.7. The van der Waals surface area contributed by atoms with Crippen LogP contribution in [-0.4, -0.2) is 32.8 Å². The highest BCUT2D eigenvalue weighted by Gasteiger charge is 2.22. The van der Waals surface area contributed by atoms with Crippen molar-refractivity contribution in [2.45, 2.75) is 16.8 Å². The fraction of sp³-hybridized carbons (Fsp3) is 0.125. The Bertz CT molecular complexity index is 1060. The molecular weight excluding hydrogens is 365 g/mol. The first-order valence-corrected chi connectivity index (χ1v) is 10.2. The molecule has 0 aliphatic heterocycles. The van der Waals surface area contributed by atoms with E-state index in [-0.39, 0.29) is 21.4 Å². The van der Waals surface area contributed by atoms with Crippen LogP contribution in [0.3, 0.4) is 0 Å². The van der Waals surface area contributed by atoms with Crippen LogP contribution in [-0.2, 0) is 20.8 Å². The monoisotopic (exact) mass is 379 g/mol. The molecule has 0 saturated carbocycles. The Kier molecular flexibility index (Phi) is 4.53. The van der Waals surface area contributed by atoms with Gasteiger partial charge in [0.2, 0.25) is 0 Å². The van der Waals surface area contributed by atoms with Gasteiger partial charge in [-0.1, -0.05) is 17.7 Å². The van der Waals surface area contributed by atoms with Crippen LogP contribution in [0.4, 0.5) is 4.39 Å². The lowest BCUT2D eigenvalue weighted by atomic mass is 10.2. The van der Waals surface area contributed by atoms with Crippen LogP contribution in [0.25, 0.3) is 11.5 Å². The molecule has 9 heteroatoms. The van der Waals surface area contributed by atoms with Crippen molar-refractivity contribution in [2.24, 2.45) is 0 Å². The van der Waals surface area contributed by atoms with Gasteiger partial charge in [-0.2, -0.15) is 0 Å². The SMILES string of the molecule is Cc1ccc(S(=O)(=O)n2cccc2-c2ncc(F)c(S(C)=O)n2)cc1. The molecule has 1 unspecified atom stereocenters. The van der Waals surface area contributed by atoms with Crippen molar-refractivity contribution in [1.29, 1.82) is 0 Å². The van der Waals surface area contributed by atoms with E-state index in [4.69, 9.17) is 0 Å². The van der Waals surface area contributed by atoms with Crippen LogP contribution >= 0.6 is 0 Å². The molecule has 25 heavy (non-hydrogen) atoms. The van der Waals surface area contributed by atoms with Crippen LogP contribution in [0.5, 0.6) is 0 Å². The topological polar surface area (TPSA) is 81.9 Å². The maximum Gasteiger partial charge on any atom is 0.268 e. The van der Waals surface area contributed by atoms with E-state index in [9.17, 15) is 17.0 Å². The van der Waals surface area contributed by atoms with E-state index in [2.05, 4.69) is 9.97 Å². The fourth-order valence-corrected chi connectivity index (χ4v) is 4.13. The van der Waals surface area contributed by atoms with Gasteiger partial charge in [-0.05, 0) is 31.2 Å². The Balaban J connectivity index is 2.14. The average Bonchev–Trinajstić information content (AvgIpc) is 3.06. The predicted molar refractivity (Wildman–Crippen MR) is 91.5 cm³/mol. The molecule has 3 rings (SSSR count). The minimum absolute atomic E-state index is 0.0210. The molecule has 0 aliphatic rings. The summed E-state index contributed by atoms with van der Waals surface area (Å²) in [4.78, 5) is 7.87. The second-order valence-electron chi connectivity index (χ2n) is 5.31. The van der Waals surface area contributed by atoms with Gasteiger partial charge >= 0.3 is 0 Å². The van der Waals surface area contributed by atoms with Gasteiger partial charge in [0, 0.05) is 12.5 Å². The van der Waals surface area contributed by atoms with Crippen molar-refractivity contribution in [2.75, 3.05) is 6.26 Å². The molecule has 0 fully saturated rings. The van der Waals surface area contributed by atoms with E-state index in [1.165, 1.54) is 36.7 Å². The third kappa shape index (κ3) is 3.24. The molecule has 0 radical (unpaired) electrons. The van der Waals surface area contributed by atoms with Crippen molar-refractivity contribution in [1.82, 2.24) is 13.9 Å². The molecule has 0 spiro atoms. The van der Waals surface area contributed by atoms with Crippen LogP contribution in [0.15, 0.2) is 58.7 Å². The van der Waals surface area contributed by atoms with Crippen LogP contribution < -0.4 is 0 Å². The molecule has 2 heterocycles. The summed E-state index contributed by atoms with van der Waals surface area (Å²) in [5, 5.41) is -0.273. The zero-order chi connectivity index (χ0) is 18.2. The summed E-state index contributed by atoms with van der Waals surface area (Å²) in [6, 6.07) is 9.43. The van der Waals surface area contributed by atoms with Crippen molar-refractivity contribution in [3.8, 4) is 11.5 Å². The summed E-state index contributed by atoms with van der Waals surface area (Å²) in [6.07, 6.45) is 3.53. The number of hydrogen-bond acceptors (Lipinski definition) is 5. The van der Waals surface area contributed by atoms with Gasteiger partial charge in [0.05, 0.1) is 21.9 Å². The van der Waals surface area contributed by atoms with Gasteiger partial charge in [0.25, 0.3) is 10.0 Å². The van der Waals surface area contributed by atoms with E-state index in [1.807, 2.05) is 6.92 Å². The third-order valence-electron chi connectivity index (χ3n) is 3.50. The van der Waals surface area contributed by atoms with Gasteiger partial charge < -0.3 is 0 Å². The molecule has 0 amide bonds. The second-order valence-corrected chi connectivity index (χ2v) is 8.42. The molecule has 1 aromatic carbocycles. The van der Waals surface area contributed by atoms with Crippen LogP contribution in [0.2, 0.25) is 0 Å². The number of benzene rings is 1. The quantitative estimate of drug-likeness (QED) is 0.650. The molecule has 1 atom stereocenters. The number of halogens is 1. The van der Waals surface area contributed by atoms with Gasteiger partial charge in [-0.25, -0.2) is 26.7 Å². The molecule has 0 saturated heterocycles. The molecule has 2 aromatic heterocycles. The number of nitrogens with zero attached hydrogens (tertiary/aromatic N) is 3. The first-order valence-electron chi connectivity index (χ1n) is 7.16. The van der Waals surface area contributed by atoms with E-state index < -0.39 is 26.6 Å². The highest BCUT2D eigenvalue weighted by Crippen LogP contribution is 2.23. The smallest absolute Gasteiger partial charge is 0.253 e. The first-order chi connectivity index (χ1) is 11.8. The van der Waals surface area contributed by atoms with E-state index in [1.54, 1.807) is 12.1 Å². The zero-order valence-corrected chi connectivity index (χ0v) is 15.0. The highest BCUT2D eigenvalue weighted by atomic mass is 32.2. The number of aryl methyl sites for hydroxylation is 1. The lowest BCUT2D eigenvalue weighted by molar-refractivity contribution is 0.573. The maximum absolute atomic E-state index is 13.7. The Labute approximate surface area is 146 Å². The number of rotatable bonds is 4. The third-order valence-corrected chi connectivity index (χ3v) is 6.04. The van der Waals surface area contributed by atoms with Crippen molar-refractivity contribution in [3.63, 3.8) is 0 Å². The molecule has 130 valence electrons. The molecule has 3 aromatic rings. The van der Waals surface area contributed by atoms with Crippen molar-refractivity contribution in [3.05, 3.63) is 60.2 Å². The van der Waals surface area contributed by atoms with Crippen LogP contribution in [0.1, 0.15) is 5.56 Å². The minimum Gasteiger partial charge on any atom is -0.253 e. The normalized spacial score (nSPS) is 12.9. The Morgan fingerprint density at radius 2 is 1.84 bits per heavy atom. The molecule has 0 bridgehead atoms. The summed E-state index contributed by atoms with van der Waals surface area (Å²) in [5.74, 6) is -0.823. The number of aromatic nitrogens is 3. The standard InChI is InChI=1S/C16H14FN3O3S2/c1-11-5-7-12(8-6-11)25(22,23)20-9-3-4-14(20)15-18-10-13(17)16(19-15)24(2)21/h3-10H,1-2H3. The lowest BCUT2D eigenvalue weighted by Gasteiger charge is -2.10. The lowest BCUT2D eigenvalue weighted by Crippen LogP contribution is -2.14. The summed E-state index contributed by atoms with van der Waals surface area (Å²) < 4.78 is 52.0. The second kappa shape index (κ2) is 6.49. The number of hydrogen-bond donors (Lipinski definition) is 0. The van der Waals surface area contributed by atoms with Gasteiger partial charge in [0.15, 0.2) is 16.7 Å². The minimum atomic E-state index is -3.87. The van der Waals surface area contributed by atoms with Crippen molar-refractivity contribution < 1.29 is 17.0 Å². The Hall–Kier alpha value is -2.39. The largest absolute Gasteiger partial charge is 0.268 e. The van der Waals surface area contributed by atoms with Gasteiger partial charge in [-0.3, -0.25) is 4.21 Å². The molecule has 0 N–H and O–H groups in total. The first kappa shape index (κ1) is 17.4. The van der Waals surface area contributed by atoms with E-state index in [0.717, 1.165) is 15.7 Å². The fourth-order valence-electron chi connectivity index (χ4n) is 2.25. The highest BCUT2D eigenvalue weighted by molar-refractivity contribution is 7.90. The van der Waals surface area contributed by atoms with Crippen LogP contribution in [0, 0.1) is 12.7 Å². The summed E-state index contributed by atoms with van der Waals surface area (Å²) >= 11 is 0. The molecular formula is C16H14FN3O3S2. The Morgan fingerprint density at radius 3 is 2.48 bits per heavy atom. The summed E-state index contributed by atoms with van der Waals surface area (Å²) in [6.45, 7) is 1.86. The van der Waals surface area contributed by atoms with Gasteiger partial charge in [-0.15, -0.1) is 0 Å². The molecule has 6 nitrogen and oxygen atoms in total. The van der Waals surface area contributed by atoms with Gasteiger partial charge in [0.1, 0.15) is 5.69 Å².